The van der Waals surface area contributed by atoms with Crippen LogP contribution >= 0.6 is 0 Å². The summed E-state index contributed by atoms with van der Waals surface area (Å²) in [5.74, 6) is 0. The first kappa shape index (κ1) is 32.9. The van der Waals surface area contributed by atoms with Crippen molar-refractivity contribution in [1.82, 2.24) is 4.57 Å². The van der Waals surface area contributed by atoms with Crippen LogP contribution in [0.3, 0.4) is 0 Å². The summed E-state index contributed by atoms with van der Waals surface area (Å²) >= 11 is 0. The Labute approximate surface area is 332 Å². The minimum Gasteiger partial charge on any atom is -0.309 e. The fraction of sp³-hybridized carbons (Fsp3) is 0. The third kappa shape index (κ3) is 5.63. The molecule has 0 amide bonds. The summed E-state index contributed by atoms with van der Waals surface area (Å²) in [4.78, 5) is 0. The van der Waals surface area contributed by atoms with Gasteiger partial charge in [-0.25, -0.2) is 0 Å². The van der Waals surface area contributed by atoms with Gasteiger partial charge in [-0.15, -0.1) is 0 Å². The zero-order valence-corrected chi connectivity index (χ0v) is 31.3. The highest BCUT2D eigenvalue weighted by Crippen LogP contribution is 2.48. The minimum atomic E-state index is 1.12. The molecule has 0 saturated heterocycles. The molecule has 1 heterocycles. The largest absolute Gasteiger partial charge is 0.309 e. The third-order valence-electron chi connectivity index (χ3n) is 11.6. The predicted octanol–water partition coefficient (Wildman–Crippen LogP) is 15.4. The quantitative estimate of drug-likeness (QED) is 0.151. The maximum atomic E-state index is 2.44. The van der Waals surface area contributed by atoms with Gasteiger partial charge in [0.25, 0.3) is 0 Å². The van der Waals surface area contributed by atoms with Gasteiger partial charge in [-0.2, -0.15) is 0 Å². The normalized spacial score (nSPS) is 11.5. The highest BCUT2D eigenvalue weighted by Gasteiger charge is 2.22. The average molecular weight is 724 g/mol. The molecule has 10 aromatic carbocycles. The number of benzene rings is 10. The lowest BCUT2D eigenvalue weighted by Gasteiger charge is -2.22. The van der Waals surface area contributed by atoms with Crippen molar-refractivity contribution < 1.29 is 0 Å². The van der Waals surface area contributed by atoms with E-state index in [1.54, 1.807) is 0 Å². The minimum absolute atomic E-state index is 1.12. The van der Waals surface area contributed by atoms with Crippen molar-refractivity contribution in [1.29, 1.82) is 0 Å². The average Bonchev–Trinajstić information content (AvgIpc) is 3.74. The van der Waals surface area contributed by atoms with Crippen LogP contribution < -0.4 is 0 Å². The van der Waals surface area contributed by atoms with Gasteiger partial charge in [0.05, 0.1) is 11.4 Å². The molecule has 0 atom stereocenters. The molecule has 0 radical (unpaired) electrons. The van der Waals surface area contributed by atoms with Gasteiger partial charge in [0.2, 0.25) is 0 Å². The van der Waals surface area contributed by atoms with Crippen molar-refractivity contribution in [3.8, 4) is 61.6 Å². The van der Waals surface area contributed by atoms with Gasteiger partial charge >= 0.3 is 0 Å². The molecule has 57 heavy (non-hydrogen) atoms. The Hall–Kier alpha value is -7.48. The lowest BCUT2D eigenvalue weighted by molar-refractivity contribution is 1.10. The summed E-state index contributed by atoms with van der Waals surface area (Å²) in [5.41, 5.74) is 13.2. The first-order chi connectivity index (χ1) is 28.3. The fourth-order valence-corrected chi connectivity index (χ4v) is 8.94. The molecule has 0 saturated carbocycles. The van der Waals surface area contributed by atoms with Crippen molar-refractivity contribution in [2.75, 3.05) is 0 Å². The van der Waals surface area contributed by atoms with Crippen LogP contribution in [0, 0.1) is 0 Å². The van der Waals surface area contributed by atoms with Crippen molar-refractivity contribution in [2.45, 2.75) is 0 Å². The fourth-order valence-electron chi connectivity index (χ4n) is 8.94. The second-order valence-corrected chi connectivity index (χ2v) is 14.9. The SMILES string of the molecule is c1ccc(-c2cc3ccccc3cc2-c2c3ccccc3c(-c3ccc4ccccc4c3)c3cc(-n4c(-c5ccccc5)ccc4-c4ccccc4)ccc23)cc1. The molecule has 1 nitrogen and oxygen atoms in total. The van der Waals surface area contributed by atoms with Gasteiger partial charge < -0.3 is 4.57 Å². The van der Waals surface area contributed by atoms with Crippen LogP contribution in [-0.2, 0) is 0 Å². The van der Waals surface area contributed by atoms with Crippen LogP contribution in [0.4, 0.5) is 0 Å². The zero-order chi connectivity index (χ0) is 37.7. The Morgan fingerprint density at radius 2 is 0.719 bits per heavy atom. The summed E-state index contributed by atoms with van der Waals surface area (Å²) in [6.45, 7) is 0. The smallest absolute Gasteiger partial charge is 0.0535 e. The molecule has 1 aromatic heterocycles. The molecule has 1 heteroatoms. The molecule has 0 aliphatic heterocycles. The molecule has 0 bridgehead atoms. The van der Waals surface area contributed by atoms with Crippen LogP contribution in [0.25, 0.3) is 105 Å². The maximum Gasteiger partial charge on any atom is 0.0535 e. The van der Waals surface area contributed by atoms with E-state index < -0.39 is 0 Å². The molecule has 0 aliphatic carbocycles. The Morgan fingerprint density at radius 3 is 1.33 bits per heavy atom. The highest BCUT2D eigenvalue weighted by molar-refractivity contribution is 6.23. The second kappa shape index (κ2) is 13.7. The van der Waals surface area contributed by atoms with E-state index in [4.69, 9.17) is 0 Å². The molecule has 0 aliphatic rings. The van der Waals surface area contributed by atoms with Crippen molar-refractivity contribution >= 4 is 43.1 Å². The van der Waals surface area contributed by atoms with Gasteiger partial charge in [0.15, 0.2) is 0 Å². The number of hydrogen-bond acceptors (Lipinski definition) is 0. The van der Waals surface area contributed by atoms with E-state index in [2.05, 4.69) is 229 Å². The van der Waals surface area contributed by atoms with E-state index in [9.17, 15) is 0 Å². The lowest BCUT2D eigenvalue weighted by Crippen LogP contribution is -2.00. The molecule has 11 rings (SSSR count). The van der Waals surface area contributed by atoms with Crippen molar-refractivity contribution in [3.63, 3.8) is 0 Å². The van der Waals surface area contributed by atoms with Crippen LogP contribution in [0.15, 0.2) is 224 Å². The standard InChI is InChI=1S/C56H37N/c1-4-17-39(18-5-1)50-35-43-24-12-13-25-44(43)36-51(50)56-48-27-15-14-26-47(48)55(45-29-28-38-16-10-11-23-42(38)34-45)52-37-46(30-31-49(52)56)57-53(40-19-6-2-7-20-40)32-33-54(57)41-21-8-3-9-22-41/h1-37H. The van der Waals surface area contributed by atoms with E-state index in [1.807, 2.05) is 0 Å². The number of fused-ring (bicyclic) bond motifs is 4. The van der Waals surface area contributed by atoms with Crippen LogP contribution in [0.2, 0.25) is 0 Å². The van der Waals surface area contributed by atoms with Crippen molar-refractivity contribution in [2.24, 2.45) is 0 Å². The van der Waals surface area contributed by atoms with E-state index in [-0.39, 0.29) is 0 Å². The highest BCUT2D eigenvalue weighted by atomic mass is 15.0. The summed E-state index contributed by atoms with van der Waals surface area (Å²) in [7, 11) is 0. The van der Waals surface area contributed by atoms with Gasteiger partial charge in [-0.05, 0) is 130 Å². The molecule has 0 fully saturated rings. The summed E-state index contributed by atoms with van der Waals surface area (Å²) in [5, 5.41) is 9.85. The third-order valence-corrected chi connectivity index (χ3v) is 11.6. The zero-order valence-electron chi connectivity index (χ0n) is 31.3. The molecule has 266 valence electrons. The first-order valence-corrected chi connectivity index (χ1v) is 19.7. The van der Waals surface area contributed by atoms with Gasteiger partial charge in [-0.3, -0.25) is 0 Å². The Kier molecular flexibility index (Phi) is 7.89. The Bertz CT molecular complexity index is 3210. The molecule has 11 aromatic rings. The number of nitrogens with zero attached hydrogens (tertiary/aromatic N) is 1. The molecule has 0 unspecified atom stereocenters. The summed E-state index contributed by atoms with van der Waals surface area (Å²) in [6, 6.07) is 82.2. The van der Waals surface area contributed by atoms with E-state index in [0.717, 1.165) is 17.1 Å². The maximum absolute atomic E-state index is 2.44. The summed E-state index contributed by atoms with van der Waals surface area (Å²) < 4.78 is 2.44. The molecule has 0 N–H and O–H groups in total. The van der Waals surface area contributed by atoms with Crippen molar-refractivity contribution in [3.05, 3.63) is 224 Å². The number of rotatable bonds is 6. The molecule has 0 spiro atoms. The first-order valence-electron chi connectivity index (χ1n) is 19.7. The van der Waals surface area contributed by atoms with E-state index in [0.29, 0.717) is 0 Å². The van der Waals surface area contributed by atoms with Gasteiger partial charge in [-0.1, -0.05) is 182 Å². The number of aromatic nitrogens is 1. The van der Waals surface area contributed by atoms with Gasteiger partial charge in [0.1, 0.15) is 0 Å². The predicted molar refractivity (Wildman–Crippen MR) is 243 cm³/mol. The Morgan fingerprint density at radius 1 is 0.246 bits per heavy atom. The van der Waals surface area contributed by atoms with E-state index in [1.165, 1.54) is 87.6 Å². The lowest BCUT2D eigenvalue weighted by atomic mass is 9.82. The molecular formula is C56H37N. The van der Waals surface area contributed by atoms with Gasteiger partial charge in [0, 0.05) is 5.69 Å². The van der Waals surface area contributed by atoms with Crippen LogP contribution in [-0.4, -0.2) is 4.57 Å². The summed E-state index contributed by atoms with van der Waals surface area (Å²) in [6.07, 6.45) is 0. The monoisotopic (exact) mass is 723 g/mol. The van der Waals surface area contributed by atoms with E-state index >= 15 is 0 Å². The number of hydrogen-bond donors (Lipinski definition) is 0. The topological polar surface area (TPSA) is 4.93 Å². The second-order valence-electron chi connectivity index (χ2n) is 14.9. The van der Waals surface area contributed by atoms with Crippen LogP contribution in [0.1, 0.15) is 0 Å². The van der Waals surface area contributed by atoms with Crippen LogP contribution in [0.5, 0.6) is 0 Å². The molecular weight excluding hydrogens is 687 g/mol. The Balaban J connectivity index is 1.28.